The summed E-state index contributed by atoms with van der Waals surface area (Å²) in [6.45, 7) is 3.73. The fourth-order valence-electron chi connectivity index (χ4n) is 1.99. The normalized spacial score (nSPS) is 10.5. The molecule has 0 bridgehead atoms. The molecule has 0 aliphatic heterocycles. The summed E-state index contributed by atoms with van der Waals surface area (Å²) in [4.78, 5) is 21.5. The molecule has 2 aromatic heterocycles. The van der Waals surface area contributed by atoms with Crippen LogP contribution in [0, 0.1) is 13.8 Å². The Morgan fingerprint density at radius 3 is 1.95 bits per heavy atom. The zero-order valence-electron chi connectivity index (χ0n) is 11.3. The summed E-state index contributed by atoms with van der Waals surface area (Å²) in [5, 5.41) is 0. The van der Waals surface area contributed by atoms with Crippen molar-refractivity contribution < 1.29 is 0 Å². The third kappa shape index (κ3) is 2.51. The van der Waals surface area contributed by atoms with Crippen molar-refractivity contribution in [3.05, 3.63) is 54.4 Å². The summed E-state index contributed by atoms with van der Waals surface area (Å²) in [5.41, 5.74) is 1.88. The van der Waals surface area contributed by atoms with Crippen LogP contribution in [0.2, 0.25) is 0 Å². The first-order chi connectivity index (χ1) is 9.72. The third-order valence-corrected chi connectivity index (χ3v) is 2.80. The van der Waals surface area contributed by atoms with Gasteiger partial charge in [0.2, 0.25) is 0 Å². The van der Waals surface area contributed by atoms with Crippen LogP contribution in [0.25, 0.3) is 22.8 Å². The summed E-state index contributed by atoms with van der Waals surface area (Å²) in [5.74, 6) is 2.80. The minimum absolute atomic E-state index is 0.674. The van der Waals surface area contributed by atoms with E-state index in [0.717, 1.165) is 11.1 Å². The Kier molecular flexibility index (Phi) is 3.16. The van der Waals surface area contributed by atoms with Gasteiger partial charge in [0.1, 0.15) is 11.6 Å². The Hall–Kier alpha value is -2.69. The number of aromatic nitrogens is 5. The van der Waals surface area contributed by atoms with Crippen LogP contribution in [0.1, 0.15) is 11.6 Å². The average molecular weight is 263 g/mol. The number of hydrogen-bond acceptors (Lipinski definition) is 5. The van der Waals surface area contributed by atoms with Crippen molar-refractivity contribution in [1.29, 1.82) is 0 Å². The lowest BCUT2D eigenvalue weighted by atomic mass is 10.1. The molecule has 0 spiro atoms. The summed E-state index contributed by atoms with van der Waals surface area (Å²) >= 11 is 0. The maximum absolute atomic E-state index is 4.38. The topological polar surface area (TPSA) is 64.5 Å². The Labute approximate surface area is 116 Å². The van der Waals surface area contributed by atoms with Crippen LogP contribution < -0.4 is 0 Å². The molecule has 5 heteroatoms. The van der Waals surface area contributed by atoms with E-state index in [0.29, 0.717) is 23.3 Å². The first-order valence-corrected chi connectivity index (χ1v) is 6.29. The predicted molar refractivity (Wildman–Crippen MR) is 75.8 cm³/mol. The number of benzene rings is 1. The molecular formula is C15H13N5. The highest BCUT2D eigenvalue weighted by molar-refractivity contribution is 5.65. The second-order valence-electron chi connectivity index (χ2n) is 4.41. The van der Waals surface area contributed by atoms with Gasteiger partial charge >= 0.3 is 0 Å². The molecule has 0 saturated carbocycles. The second kappa shape index (κ2) is 5.13. The van der Waals surface area contributed by atoms with Crippen LogP contribution in [-0.4, -0.2) is 24.9 Å². The monoisotopic (exact) mass is 263 g/mol. The molecule has 0 radical (unpaired) electrons. The average Bonchev–Trinajstić information content (AvgIpc) is 2.47. The van der Waals surface area contributed by atoms with Crippen molar-refractivity contribution in [2.24, 2.45) is 0 Å². The van der Waals surface area contributed by atoms with Crippen molar-refractivity contribution in [2.45, 2.75) is 13.8 Å². The van der Waals surface area contributed by atoms with E-state index in [2.05, 4.69) is 24.9 Å². The molecule has 0 fully saturated rings. The predicted octanol–water partition coefficient (Wildman–Crippen LogP) is 2.61. The molecule has 1 aromatic carbocycles. The molecule has 3 aromatic rings. The van der Waals surface area contributed by atoms with Crippen LogP contribution in [0.5, 0.6) is 0 Å². The number of hydrogen-bond donors (Lipinski definition) is 0. The van der Waals surface area contributed by atoms with Crippen LogP contribution >= 0.6 is 0 Å². The van der Waals surface area contributed by atoms with E-state index in [1.165, 1.54) is 0 Å². The van der Waals surface area contributed by atoms with Crippen LogP contribution in [0.3, 0.4) is 0 Å². The third-order valence-electron chi connectivity index (χ3n) is 2.80. The van der Waals surface area contributed by atoms with Crippen molar-refractivity contribution in [1.82, 2.24) is 24.9 Å². The van der Waals surface area contributed by atoms with Gasteiger partial charge in [0, 0.05) is 23.5 Å². The van der Waals surface area contributed by atoms with Crippen molar-refractivity contribution >= 4 is 0 Å². The van der Waals surface area contributed by atoms with Gasteiger partial charge in [0.15, 0.2) is 11.6 Å². The Morgan fingerprint density at radius 1 is 0.700 bits per heavy atom. The van der Waals surface area contributed by atoms with Gasteiger partial charge in [-0.05, 0) is 26.0 Å². The van der Waals surface area contributed by atoms with E-state index < -0.39 is 0 Å². The Morgan fingerprint density at radius 2 is 1.30 bits per heavy atom. The lowest BCUT2D eigenvalue weighted by Gasteiger charge is -2.05. The number of aryl methyl sites for hydroxylation is 2. The van der Waals surface area contributed by atoms with E-state index >= 15 is 0 Å². The van der Waals surface area contributed by atoms with Crippen LogP contribution in [0.15, 0.2) is 42.7 Å². The van der Waals surface area contributed by atoms with Crippen molar-refractivity contribution in [3.63, 3.8) is 0 Å². The van der Waals surface area contributed by atoms with Gasteiger partial charge in [-0.1, -0.05) is 18.2 Å². The van der Waals surface area contributed by atoms with Gasteiger partial charge in [0.05, 0.1) is 0 Å². The molecular weight excluding hydrogens is 250 g/mol. The lowest BCUT2D eigenvalue weighted by molar-refractivity contribution is 0.928. The molecule has 20 heavy (non-hydrogen) atoms. The highest BCUT2D eigenvalue weighted by Gasteiger charge is 2.07. The van der Waals surface area contributed by atoms with Gasteiger partial charge in [-0.25, -0.2) is 24.9 Å². The van der Waals surface area contributed by atoms with E-state index in [-0.39, 0.29) is 0 Å². The summed E-state index contributed by atoms with van der Waals surface area (Å²) in [6.07, 6.45) is 3.46. The van der Waals surface area contributed by atoms with E-state index in [1.807, 2.05) is 38.1 Å². The quantitative estimate of drug-likeness (QED) is 0.711. The molecule has 0 atom stereocenters. The SMILES string of the molecule is Cc1nc(C)nc(-c2cccc(-c3ncccn3)c2)n1. The maximum Gasteiger partial charge on any atom is 0.163 e. The molecule has 0 aliphatic rings. The summed E-state index contributed by atoms with van der Waals surface area (Å²) in [6, 6.07) is 9.69. The minimum Gasteiger partial charge on any atom is -0.237 e. The largest absolute Gasteiger partial charge is 0.237 e. The molecule has 3 rings (SSSR count). The van der Waals surface area contributed by atoms with Gasteiger partial charge in [0.25, 0.3) is 0 Å². The fourth-order valence-corrected chi connectivity index (χ4v) is 1.99. The highest BCUT2D eigenvalue weighted by atomic mass is 15.0. The molecule has 5 nitrogen and oxygen atoms in total. The molecule has 0 saturated heterocycles. The van der Waals surface area contributed by atoms with Gasteiger partial charge < -0.3 is 0 Å². The number of nitrogens with zero attached hydrogens (tertiary/aromatic N) is 5. The van der Waals surface area contributed by atoms with Gasteiger partial charge in [-0.3, -0.25) is 0 Å². The Bertz CT molecular complexity index is 720. The smallest absolute Gasteiger partial charge is 0.163 e. The number of rotatable bonds is 2. The first kappa shape index (κ1) is 12.3. The second-order valence-corrected chi connectivity index (χ2v) is 4.41. The van der Waals surface area contributed by atoms with Crippen LogP contribution in [0.4, 0.5) is 0 Å². The Balaban J connectivity index is 2.07. The summed E-state index contributed by atoms with van der Waals surface area (Å²) < 4.78 is 0. The van der Waals surface area contributed by atoms with E-state index in [9.17, 15) is 0 Å². The maximum atomic E-state index is 4.38. The minimum atomic E-state index is 0.674. The highest BCUT2D eigenvalue weighted by Crippen LogP contribution is 2.21. The molecule has 0 unspecified atom stereocenters. The molecule has 2 heterocycles. The van der Waals surface area contributed by atoms with Crippen molar-refractivity contribution in [2.75, 3.05) is 0 Å². The van der Waals surface area contributed by atoms with Gasteiger partial charge in [-0.15, -0.1) is 0 Å². The molecule has 0 amide bonds. The molecule has 0 N–H and O–H groups in total. The van der Waals surface area contributed by atoms with Crippen LogP contribution in [-0.2, 0) is 0 Å². The van der Waals surface area contributed by atoms with E-state index in [4.69, 9.17) is 0 Å². The molecule has 98 valence electrons. The van der Waals surface area contributed by atoms with E-state index in [1.54, 1.807) is 18.5 Å². The standard InChI is InChI=1S/C15H13N5/c1-10-18-11(2)20-15(19-10)13-6-3-5-12(9-13)14-16-7-4-8-17-14/h3-9H,1-2H3. The zero-order valence-corrected chi connectivity index (χ0v) is 11.3. The fraction of sp³-hybridized carbons (Fsp3) is 0.133. The van der Waals surface area contributed by atoms with Crippen molar-refractivity contribution in [3.8, 4) is 22.8 Å². The molecule has 0 aliphatic carbocycles. The zero-order chi connectivity index (χ0) is 13.9. The first-order valence-electron chi connectivity index (χ1n) is 6.29. The summed E-state index contributed by atoms with van der Waals surface area (Å²) in [7, 11) is 0. The lowest BCUT2D eigenvalue weighted by Crippen LogP contribution is -1.99. The van der Waals surface area contributed by atoms with Gasteiger partial charge in [-0.2, -0.15) is 0 Å².